The number of aromatic nitrogens is 2. The van der Waals surface area contributed by atoms with Crippen LogP contribution in [0.2, 0.25) is 0 Å². The molecular weight excluding hydrogens is 398 g/mol. The Morgan fingerprint density at radius 1 is 1.22 bits per heavy atom. The number of nitrogens with one attached hydrogen (secondary N) is 1. The summed E-state index contributed by atoms with van der Waals surface area (Å²) in [5.41, 5.74) is 4.73. The molecule has 1 atom stereocenters. The summed E-state index contributed by atoms with van der Waals surface area (Å²) >= 11 is 0. The van der Waals surface area contributed by atoms with E-state index in [1.165, 1.54) is 31.5 Å². The monoisotopic (exact) mass is 433 g/mol. The Balaban J connectivity index is 1.61. The molecule has 1 N–H and O–H groups in total. The fourth-order valence-corrected chi connectivity index (χ4v) is 5.12. The van der Waals surface area contributed by atoms with E-state index in [2.05, 4.69) is 53.8 Å². The molecular formula is C27H35N3O2. The van der Waals surface area contributed by atoms with E-state index in [0.717, 1.165) is 28.7 Å². The normalized spacial score (nSPS) is 16.9. The average molecular weight is 434 g/mol. The molecule has 3 heterocycles. The quantitative estimate of drug-likeness (QED) is 0.499. The Bertz CT molecular complexity index is 1080. The smallest absolute Gasteiger partial charge is 0.341 e. The number of ether oxygens (including phenoxy) is 1. The molecule has 170 valence electrons. The summed E-state index contributed by atoms with van der Waals surface area (Å²) in [5, 5.41) is 0.950. The topological polar surface area (TPSA) is 58.2 Å². The highest BCUT2D eigenvalue weighted by molar-refractivity contribution is 6.05. The van der Waals surface area contributed by atoms with E-state index in [9.17, 15) is 4.79 Å². The van der Waals surface area contributed by atoms with Gasteiger partial charge in [-0.15, -0.1) is 0 Å². The zero-order valence-electron chi connectivity index (χ0n) is 19.9. The summed E-state index contributed by atoms with van der Waals surface area (Å²) in [6.07, 6.45) is 5.52. The Morgan fingerprint density at radius 3 is 2.56 bits per heavy atom. The van der Waals surface area contributed by atoms with Crippen LogP contribution < -0.4 is 0 Å². The third-order valence-electron chi connectivity index (χ3n) is 7.45. The van der Waals surface area contributed by atoms with Gasteiger partial charge in [0.15, 0.2) is 0 Å². The Hall–Kier alpha value is -2.66. The fraction of sp³-hybridized carbons (Fsp3) is 0.481. The number of H-pyrrole nitrogens is 1. The Kier molecular flexibility index (Phi) is 6.38. The molecule has 1 aliphatic rings. The molecule has 1 aromatic carbocycles. The summed E-state index contributed by atoms with van der Waals surface area (Å²) in [5.74, 6) is 0.342. The predicted octanol–water partition coefficient (Wildman–Crippen LogP) is 5.80. The number of likely N-dealkylation sites (tertiary alicyclic amines) is 1. The first-order valence-corrected chi connectivity index (χ1v) is 11.8. The van der Waals surface area contributed by atoms with Gasteiger partial charge in [0.05, 0.1) is 5.56 Å². The number of nitrogens with zero attached hydrogens (tertiary/aromatic N) is 2. The molecule has 3 aromatic rings. The number of carbonyl (C=O) groups excluding carboxylic acids is 1. The van der Waals surface area contributed by atoms with Crippen molar-refractivity contribution in [2.75, 3.05) is 19.6 Å². The molecule has 5 heteroatoms. The number of aromatic amines is 1. The van der Waals surface area contributed by atoms with Crippen molar-refractivity contribution in [1.29, 1.82) is 0 Å². The van der Waals surface area contributed by atoms with Gasteiger partial charge in [-0.05, 0) is 93.0 Å². The minimum Gasteiger partial charge on any atom is -0.454 e. The van der Waals surface area contributed by atoms with Crippen LogP contribution in [0.15, 0.2) is 42.7 Å². The van der Waals surface area contributed by atoms with Crippen LogP contribution in [0.5, 0.6) is 0 Å². The van der Waals surface area contributed by atoms with Crippen molar-refractivity contribution in [3.05, 3.63) is 65.1 Å². The number of hydrogen-bond donors (Lipinski definition) is 1. The maximum absolute atomic E-state index is 13.2. The van der Waals surface area contributed by atoms with Crippen LogP contribution in [0.25, 0.3) is 10.9 Å². The van der Waals surface area contributed by atoms with Gasteiger partial charge >= 0.3 is 5.97 Å². The lowest BCUT2D eigenvalue weighted by Crippen LogP contribution is -2.40. The zero-order chi connectivity index (χ0) is 22.9. The van der Waals surface area contributed by atoms with Crippen LogP contribution in [0.1, 0.15) is 73.8 Å². The molecule has 4 rings (SSSR count). The number of carbonyl (C=O) groups is 1. The number of pyridine rings is 1. The van der Waals surface area contributed by atoms with Crippen molar-refractivity contribution in [3.8, 4) is 0 Å². The van der Waals surface area contributed by atoms with Crippen LogP contribution in [0, 0.1) is 12.8 Å². The van der Waals surface area contributed by atoms with E-state index in [1.54, 1.807) is 12.4 Å². The summed E-state index contributed by atoms with van der Waals surface area (Å²) < 4.78 is 5.84. The minimum atomic E-state index is -0.335. The zero-order valence-corrected chi connectivity index (χ0v) is 19.9. The SMILES string of the molecule is CCN1CCC(C(C)(C)c2ccc3[nH]c(C)c(C(=O)O[C@@H](C)c4ccncc4)c3c2)CC1. The van der Waals surface area contributed by atoms with Crippen molar-refractivity contribution >= 4 is 16.9 Å². The minimum absolute atomic E-state index is 0.0463. The first-order chi connectivity index (χ1) is 15.3. The largest absolute Gasteiger partial charge is 0.454 e. The maximum atomic E-state index is 13.2. The molecule has 1 aliphatic heterocycles. The molecule has 0 amide bonds. The van der Waals surface area contributed by atoms with E-state index in [-0.39, 0.29) is 17.5 Å². The maximum Gasteiger partial charge on any atom is 0.341 e. The number of aryl methyl sites for hydroxylation is 1. The summed E-state index contributed by atoms with van der Waals surface area (Å²) in [4.78, 5) is 23.1. The first-order valence-electron chi connectivity index (χ1n) is 11.8. The molecule has 5 nitrogen and oxygen atoms in total. The molecule has 2 aromatic heterocycles. The second-order valence-electron chi connectivity index (χ2n) is 9.64. The van der Waals surface area contributed by atoms with Crippen LogP contribution >= 0.6 is 0 Å². The highest BCUT2D eigenvalue weighted by atomic mass is 16.5. The third kappa shape index (κ3) is 4.31. The van der Waals surface area contributed by atoms with Crippen LogP contribution in [0.4, 0.5) is 0 Å². The van der Waals surface area contributed by atoms with Gasteiger partial charge in [0.25, 0.3) is 0 Å². The lowest BCUT2D eigenvalue weighted by molar-refractivity contribution is 0.0339. The highest BCUT2D eigenvalue weighted by Gasteiger charge is 2.34. The van der Waals surface area contributed by atoms with E-state index in [0.29, 0.717) is 11.5 Å². The molecule has 0 aliphatic carbocycles. The lowest BCUT2D eigenvalue weighted by atomic mass is 9.69. The van der Waals surface area contributed by atoms with Crippen molar-refractivity contribution < 1.29 is 9.53 Å². The first kappa shape index (κ1) is 22.5. The molecule has 1 fully saturated rings. The molecule has 0 unspecified atom stereocenters. The van der Waals surface area contributed by atoms with Gasteiger partial charge < -0.3 is 14.6 Å². The van der Waals surface area contributed by atoms with E-state index in [4.69, 9.17) is 4.74 Å². The molecule has 1 saturated heterocycles. The highest BCUT2D eigenvalue weighted by Crippen LogP contribution is 2.40. The van der Waals surface area contributed by atoms with E-state index < -0.39 is 0 Å². The van der Waals surface area contributed by atoms with E-state index in [1.807, 2.05) is 26.0 Å². The number of fused-ring (bicyclic) bond motifs is 1. The third-order valence-corrected chi connectivity index (χ3v) is 7.45. The van der Waals surface area contributed by atoms with Gasteiger partial charge in [-0.1, -0.05) is 26.8 Å². The second-order valence-corrected chi connectivity index (χ2v) is 9.64. The number of rotatable bonds is 6. The van der Waals surface area contributed by atoms with Gasteiger partial charge in [-0.3, -0.25) is 4.98 Å². The van der Waals surface area contributed by atoms with Crippen molar-refractivity contribution in [1.82, 2.24) is 14.9 Å². The van der Waals surface area contributed by atoms with Gasteiger partial charge in [0.2, 0.25) is 0 Å². The van der Waals surface area contributed by atoms with E-state index >= 15 is 0 Å². The Morgan fingerprint density at radius 2 is 1.91 bits per heavy atom. The van der Waals surface area contributed by atoms with Gasteiger partial charge in [0, 0.05) is 29.0 Å². The summed E-state index contributed by atoms with van der Waals surface area (Å²) in [6.45, 7) is 14.2. The Labute approximate surface area is 191 Å². The van der Waals surface area contributed by atoms with Crippen molar-refractivity contribution in [2.45, 2.75) is 59.0 Å². The number of piperidine rings is 1. The molecule has 0 radical (unpaired) electrons. The van der Waals surface area contributed by atoms with Gasteiger partial charge in [-0.2, -0.15) is 0 Å². The second kappa shape index (κ2) is 9.07. The lowest BCUT2D eigenvalue weighted by Gasteiger charge is -2.41. The van der Waals surface area contributed by atoms with Crippen LogP contribution in [-0.2, 0) is 10.2 Å². The molecule has 32 heavy (non-hydrogen) atoms. The summed E-state index contributed by atoms with van der Waals surface area (Å²) in [6, 6.07) is 10.3. The fourth-order valence-electron chi connectivity index (χ4n) is 5.12. The van der Waals surface area contributed by atoms with Gasteiger partial charge in [0.1, 0.15) is 6.10 Å². The van der Waals surface area contributed by atoms with Gasteiger partial charge in [-0.25, -0.2) is 4.79 Å². The summed E-state index contributed by atoms with van der Waals surface area (Å²) in [7, 11) is 0. The molecule has 0 bridgehead atoms. The molecule has 0 spiro atoms. The molecule has 0 saturated carbocycles. The van der Waals surface area contributed by atoms with Crippen LogP contribution in [0.3, 0.4) is 0 Å². The standard InChI is InChI=1S/C27H35N3O2/c1-6-30-15-11-21(12-16-30)27(4,5)22-7-8-24-23(17-22)25(18(2)29-24)26(31)32-19(3)20-9-13-28-14-10-20/h7-10,13-14,17,19,21,29H,6,11-12,15-16H2,1-5H3/t19-/m0/s1. The average Bonchev–Trinajstić information content (AvgIpc) is 3.14. The number of hydrogen-bond acceptors (Lipinski definition) is 4. The van der Waals surface area contributed by atoms with Crippen molar-refractivity contribution in [2.24, 2.45) is 5.92 Å². The van der Waals surface area contributed by atoms with Crippen LogP contribution in [-0.4, -0.2) is 40.5 Å². The predicted molar refractivity (Wildman–Crippen MR) is 129 cm³/mol. The number of benzene rings is 1. The van der Waals surface area contributed by atoms with Crippen molar-refractivity contribution in [3.63, 3.8) is 0 Å². The number of esters is 1.